The second kappa shape index (κ2) is 5.75. The first-order valence-electron chi connectivity index (χ1n) is 7.18. The van der Waals surface area contributed by atoms with E-state index >= 15 is 0 Å². The van der Waals surface area contributed by atoms with E-state index in [1.165, 1.54) is 0 Å². The SMILES string of the molecule is COc1ncnc2c1CN([C@H]1CCCCNC1=O)CC2. The summed E-state index contributed by atoms with van der Waals surface area (Å²) in [6, 6.07) is -0.0319. The summed E-state index contributed by atoms with van der Waals surface area (Å²) in [5.41, 5.74) is 2.07. The van der Waals surface area contributed by atoms with Crippen LogP contribution in [-0.4, -0.2) is 47.0 Å². The standard InChI is InChI=1S/C14H20N4O2/c1-20-14-10-8-18(7-5-11(10)16-9-17-14)12-4-2-3-6-15-13(12)19/h9,12H,2-8H2,1H3,(H,15,19)/t12-/m0/s1. The third kappa shape index (κ3) is 2.47. The highest BCUT2D eigenvalue weighted by Crippen LogP contribution is 2.27. The average Bonchev–Trinajstić information content (AvgIpc) is 2.70. The van der Waals surface area contributed by atoms with Gasteiger partial charge in [-0.15, -0.1) is 0 Å². The number of nitrogens with one attached hydrogen (secondary N) is 1. The molecule has 1 aromatic rings. The van der Waals surface area contributed by atoms with Crippen LogP contribution in [0.25, 0.3) is 0 Å². The second-order valence-electron chi connectivity index (χ2n) is 5.33. The smallest absolute Gasteiger partial charge is 0.237 e. The summed E-state index contributed by atoms with van der Waals surface area (Å²) in [5, 5.41) is 3.00. The fraction of sp³-hybridized carbons (Fsp3) is 0.643. The molecule has 6 heteroatoms. The Hall–Kier alpha value is -1.69. The molecule has 0 aliphatic carbocycles. The summed E-state index contributed by atoms with van der Waals surface area (Å²) in [6.07, 6.45) is 5.48. The number of methoxy groups -OCH3 is 1. The molecular formula is C14H20N4O2. The van der Waals surface area contributed by atoms with Gasteiger partial charge in [0, 0.05) is 31.6 Å². The molecule has 0 bridgehead atoms. The summed E-state index contributed by atoms with van der Waals surface area (Å²) in [7, 11) is 1.62. The van der Waals surface area contributed by atoms with Crippen LogP contribution in [0.15, 0.2) is 6.33 Å². The van der Waals surface area contributed by atoms with E-state index in [2.05, 4.69) is 20.2 Å². The maximum Gasteiger partial charge on any atom is 0.237 e. The van der Waals surface area contributed by atoms with E-state index < -0.39 is 0 Å². The van der Waals surface area contributed by atoms with Gasteiger partial charge in [0.15, 0.2) is 0 Å². The maximum absolute atomic E-state index is 12.2. The van der Waals surface area contributed by atoms with Gasteiger partial charge in [-0.3, -0.25) is 9.69 Å². The highest BCUT2D eigenvalue weighted by molar-refractivity contribution is 5.82. The molecule has 1 amide bonds. The van der Waals surface area contributed by atoms with E-state index in [-0.39, 0.29) is 11.9 Å². The predicted molar refractivity (Wildman–Crippen MR) is 73.3 cm³/mol. The van der Waals surface area contributed by atoms with Crippen molar-refractivity contribution in [2.45, 2.75) is 38.3 Å². The van der Waals surface area contributed by atoms with Crippen molar-refractivity contribution >= 4 is 5.91 Å². The molecule has 6 nitrogen and oxygen atoms in total. The number of carbonyl (C=O) groups excluding carboxylic acids is 1. The van der Waals surface area contributed by atoms with Gasteiger partial charge in [0.05, 0.1) is 18.8 Å². The average molecular weight is 276 g/mol. The maximum atomic E-state index is 12.2. The largest absolute Gasteiger partial charge is 0.481 e. The number of carbonyl (C=O) groups is 1. The molecule has 1 N–H and O–H groups in total. The van der Waals surface area contributed by atoms with Gasteiger partial charge < -0.3 is 10.1 Å². The predicted octanol–water partition coefficient (Wildman–Crippen LogP) is 0.512. The topological polar surface area (TPSA) is 67.4 Å². The van der Waals surface area contributed by atoms with Crippen molar-refractivity contribution in [1.82, 2.24) is 20.2 Å². The van der Waals surface area contributed by atoms with Crippen LogP contribution < -0.4 is 10.1 Å². The van der Waals surface area contributed by atoms with E-state index in [1.54, 1.807) is 13.4 Å². The molecule has 0 spiro atoms. The second-order valence-corrected chi connectivity index (χ2v) is 5.33. The monoisotopic (exact) mass is 276 g/mol. The van der Waals surface area contributed by atoms with Gasteiger partial charge in [0.1, 0.15) is 6.33 Å². The minimum Gasteiger partial charge on any atom is -0.481 e. The van der Waals surface area contributed by atoms with Gasteiger partial charge in [-0.05, 0) is 19.3 Å². The molecule has 3 heterocycles. The van der Waals surface area contributed by atoms with E-state index in [4.69, 9.17) is 4.74 Å². The van der Waals surface area contributed by atoms with Crippen LogP contribution in [0, 0.1) is 0 Å². The number of rotatable bonds is 2. The summed E-state index contributed by atoms with van der Waals surface area (Å²) >= 11 is 0. The molecule has 108 valence electrons. The number of nitrogens with zero attached hydrogens (tertiary/aromatic N) is 3. The van der Waals surface area contributed by atoms with E-state index in [1.807, 2.05) is 0 Å². The van der Waals surface area contributed by atoms with Crippen molar-refractivity contribution in [1.29, 1.82) is 0 Å². The zero-order valence-electron chi connectivity index (χ0n) is 11.8. The summed E-state index contributed by atoms with van der Waals surface area (Å²) in [4.78, 5) is 22.9. The number of hydrogen-bond donors (Lipinski definition) is 1. The molecular weight excluding hydrogens is 256 g/mol. The van der Waals surface area contributed by atoms with Crippen molar-refractivity contribution in [3.63, 3.8) is 0 Å². The highest BCUT2D eigenvalue weighted by Gasteiger charge is 2.31. The summed E-state index contributed by atoms with van der Waals surface area (Å²) < 4.78 is 5.32. The lowest BCUT2D eigenvalue weighted by Gasteiger charge is -2.33. The number of hydrogen-bond acceptors (Lipinski definition) is 5. The fourth-order valence-electron chi connectivity index (χ4n) is 3.05. The molecule has 0 saturated carbocycles. The Kier molecular flexibility index (Phi) is 3.82. The molecule has 20 heavy (non-hydrogen) atoms. The van der Waals surface area contributed by atoms with E-state index in [0.717, 1.165) is 50.0 Å². The number of amides is 1. The molecule has 0 aromatic carbocycles. The van der Waals surface area contributed by atoms with Crippen molar-refractivity contribution in [3.8, 4) is 5.88 Å². The van der Waals surface area contributed by atoms with Crippen molar-refractivity contribution in [3.05, 3.63) is 17.6 Å². The van der Waals surface area contributed by atoms with Gasteiger partial charge in [-0.2, -0.15) is 0 Å². The van der Waals surface area contributed by atoms with Gasteiger partial charge in [-0.25, -0.2) is 9.97 Å². The van der Waals surface area contributed by atoms with Crippen LogP contribution in [0.4, 0.5) is 0 Å². The molecule has 2 aliphatic rings. The van der Waals surface area contributed by atoms with Gasteiger partial charge in [-0.1, -0.05) is 0 Å². The molecule has 1 atom stereocenters. The van der Waals surface area contributed by atoms with Gasteiger partial charge >= 0.3 is 0 Å². The Balaban J connectivity index is 1.82. The minimum atomic E-state index is -0.0319. The Labute approximate surface area is 118 Å². The molecule has 3 rings (SSSR count). The lowest BCUT2D eigenvalue weighted by atomic mass is 10.0. The Morgan fingerprint density at radius 2 is 2.30 bits per heavy atom. The van der Waals surface area contributed by atoms with Gasteiger partial charge in [0.2, 0.25) is 11.8 Å². The Bertz CT molecular complexity index is 492. The first-order chi connectivity index (χ1) is 9.79. The van der Waals surface area contributed by atoms with Gasteiger partial charge in [0.25, 0.3) is 0 Å². The van der Waals surface area contributed by atoms with Crippen LogP contribution in [0.1, 0.15) is 30.5 Å². The molecule has 2 aliphatic heterocycles. The van der Waals surface area contributed by atoms with E-state index in [9.17, 15) is 4.79 Å². The zero-order chi connectivity index (χ0) is 13.9. The first-order valence-corrected chi connectivity index (χ1v) is 7.18. The minimum absolute atomic E-state index is 0.0319. The molecule has 0 unspecified atom stereocenters. The zero-order valence-corrected chi connectivity index (χ0v) is 11.8. The molecule has 1 fully saturated rings. The van der Waals surface area contributed by atoms with Crippen LogP contribution >= 0.6 is 0 Å². The summed E-state index contributed by atoms with van der Waals surface area (Å²) in [5.74, 6) is 0.787. The Morgan fingerprint density at radius 1 is 1.40 bits per heavy atom. The number of fused-ring (bicyclic) bond motifs is 1. The Morgan fingerprint density at radius 3 is 3.15 bits per heavy atom. The fourth-order valence-corrected chi connectivity index (χ4v) is 3.05. The quantitative estimate of drug-likeness (QED) is 0.852. The number of aromatic nitrogens is 2. The van der Waals surface area contributed by atoms with Crippen molar-refractivity contribution in [2.75, 3.05) is 20.2 Å². The third-order valence-electron chi connectivity index (χ3n) is 4.13. The molecule has 1 aromatic heterocycles. The normalized spacial score (nSPS) is 23.6. The van der Waals surface area contributed by atoms with Crippen molar-refractivity contribution < 1.29 is 9.53 Å². The lowest BCUT2D eigenvalue weighted by Crippen LogP contribution is -2.47. The molecule has 1 saturated heterocycles. The summed E-state index contributed by atoms with van der Waals surface area (Å²) in [6.45, 7) is 2.36. The number of ether oxygens (including phenoxy) is 1. The van der Waals surface area contributed by atoms with Crippen LogP contribution in [0.3, 0.4) is 0 Å². The van der Waals surface area contributed by atoms with E-state index in [0.29, 0.717) is 12.4 Å². The first kappa shape index (κ1) is 13.3. The highest BCUT2D eigenvalue weighted by atomic mass is 16.5. The lowest BCUT2D eigenvalue weighted by molar-refractivity contribution is -0.126. The van der Waals surface area contributed by atoms with Crippen LogP contribution in [0.2, 0.25) is 0 Å². The van der Waals surface area contributed by atoms with Crippen LogP contribution in [-0.2, 0) is 17.8 Å². The van der Waals surface area contributed by atoms with Crippen LogP contribution in [0.5, 0.6) is 5.88 Å². The molecule has 0 radical (unpaired) electrons. The van der Waals surface area contributed by atoms with Crippen molar-refractivity contribution in [2.24, 2.45) is 0 Å². The third-order valence-corrected chi connectivity index (χ3v) is 4.13.